The molecule has 0 aliphatic heterocycles. The molecule has 0 fully saturated rings. The van der Waals surface area contributed by atoms with E-state index in [-0.39, 0.29) is 11.7 Å². The van der Waals surface area contributed by atoms with Gasteiger partial charge in [0.15, 0.2) is 0 Å². The molecule has 8 heteroatoms. The van der Waals surface area contributed by atoms with Crippen molar-refractivity contribution in [2.75, 3.05) is 5.32 Å². The molecule has 0 saturated carbocycles. The van der Waals surface area contributed by atoms with Crippen molar-refractivity contribution in [1.29, 1.82) is 0 Å². The van der Waals surface area contributed by atoms with Crippen molar-refractivity contribution in [1.82, 2.24) is 30.4 Å². The van der Waals surface area contributed by atoms with E-state index in [2.05, 4.69) is 42.3 Å². The van der Waals surface area contributed by atoms with E-state index in [1.807, 2.05) is 6.07 Å². The Balaban J connectivity index is 1.79. The minimum Gasteiger partial charge on any atom is -0.321 e. The Hall–Kier alpha value is -3.55. The maximum Gasteiger partial charge on any atom is 0.247 e. The number of pyridine rings is 2. The van der Waals surface area contributed by atoms with Gasteiger partial charge in [-0.25, -0.2) is 0 Å². The lowest BCUT2D eigenvalue weighted by molar-refractivity contribution is -0.111. The van der Waals surface area contributed by atoms with Crippen LogP contribution < -0.4 is 5.32 Å². The van der Waals surface area contributed by atoms with Crippen LogP contribution in [0, 0.1) is 0 Å². The van der Waals surface area contributed by atoms with Crippen molar-refractivity contribution in [3.8, 4) is 23.0 Å². The highest BCUT2D eigenvalue weighted by Crippen LogP contribution is 2.14. The Morgan fingerprint density at radius 2 is 1.65 bits per heavy atom. The zero-order valence-corrected chi connectivity index (χ0v) is 11.9. The van der Waals surface area contributed by atoms with Crippen LogP contribution in [0.5, 0.6) is 0 Å². The van der Waals surface area contributed by atoms with Crippen LogP contribution >= 0.6 is 0 Å². The Morgan fingerprint density at radius 3 is 2.17 bits per heavy atom. The lowest BCUT2D eigenvalue weighted by Gasteiger charge is -2.03. The van der Waals surface area contributed by atoms with Gasteiger partial charge in [-0.05, 0) is 30.3 Å². The predicted octanol–water partition coefficient (Wildman–Crippen LogP) is 1.52. The van der Waals surface area contributed by atoms with Crippen LogP contribution in [0.2, 0.25) is 0 Å². The van der Waals surface area contributed by atoms with Crippen molar-refractivity contribution < 1.29 is 4.79 Å². The van der Waals surface area contributed by atoms with Gasteiger partial charge in [-0.2, -0.15) is 0 Å². The van der Waals surface area contributed by atoms with Gasteiger partial charge >= 0.3 is 0 Å². The first kappa shape index (κ1) is 14.4. The first-order valence-corrected chi connectivity index (χ1v) is 6.65. The van der Waals surface area contributed by atoms with E-state index >= 15 is 0 Å². The van der Waals surface area contributed by atoms with Gasteiger partial charge in [0.05, 0.1) is 11.9 Å². The first-order chi connectivity index (χ1) is 11.3. The van der Waals surface area contributed by atoms with Crippen molar-refractivity contribution in [2.24, 2.45) is 0 Å². The highest BCUT2D eigenvalue weighted by Gasteiger charge is 2.08. The summed E-state index contributed by atoms with van der Waals surface area (Å²) >= 11 is 0. The van der Waals surface area contributed by atoms with Gasteiger partial charge in [0.2, 0.25) is 17.6 Å². The summed E-state index contributed by atoms with van der Waals surface area (Å²) in [7, 11) is 0. The molecular weight excluding hydrogens is 294 g/mol. The maximum absolute atomic E-state index is 11.2. The van der Waals surface area contributed by atoms with E-state index in [4.69, 9.17) is 0 Å². The average Bonchev–Trinajstić information content (AvgIpc) is 2.63. The Labute approximate surface area is 131 Å². The van der Waals surface area contributed by atoms with Gasteiger partial charge in [-0.3, -0.25) is 14.8 Å². The van der Waals surface area contributed by atoms with Crippen LogP contribution in [0.4, 0.5) is 5.69 Å². The first-order valence-electron chi connectivity index (χ1n) is 6.65. The molecule has 8 nitrogen and oxygen atoms in total. The summed E-state index contributed by atoms with van der Waals surface area (Å²) in [5.74, 6) is 0.314. The Bertz CT molecular complexity index is 817. The maximum atomic E-state index is 11.2. The minimum absolute atomic E-state index is 0.284. The average molecular weight is 305 g/mol. The molecule has 3 aromatic rings. The molecule has 0 unspecified atom stereocenters. The van der Waals surface area contributed by atoms with Crippen LogP contribution in [0.15, 0.2) is 55.4 Å². The molecule has 0 aliphatic carbocycles. The fourth-order valence-electron chi connectivity index (χ4n) is 1.72. The fraction of sp³-hybridized carbons (Fsp3) is 0. The van der Waals surface area contributed by atoms with Crippen molar-refractivity contribution in [3.05, 3.63) is 55.4 Å². The van der Waals surface area contributed by atoms with Gasteiger partial charge in [0.25, 0.3) is 0 Å². The summed E-state index contributed by atoms with van der Waals surface area (Å²) < 4.78 is 0. The third kappa shape index (κ3) is 3.38. The number of hydrogen-bond acceptors (Lipinski definition) is 7. The number of amides is 1. The van der Waals surface area contributed by atoms with Gasteiger partial charge in [-0.1, -0.05) is 12.6 Å². The zero-order valence-electron chi connectivity index (χ0n) is 11.9. The molecule has 0 atom stereocenters. The summed E-state index contributed by atoms with van der Waals surface area (Å²) in [6.07, 6.45) is 4.32. The van der Waals surface area contributed by atoms with Gasteiger partial charge in [0, 0.05) is 6.20 Å². The van der Waals surface area contributed by atoms with Gasteiger partial charge in [0.1, 0.15) is 11.4 Å². The van der Waals surface area contributed by atoms with E-state index in [9.17, 15) is 4.79 Å². The lowest BCUT2D eigenvalue weighted by Crippen LogP contribution is -2.07. The molecule has 1 N–H and O–H groups in total. The molecule has 23 heavy (non-hydrogen) atoms. The predicted molar refractivity (Wildman–Crippen MR) is 82.9 cm³/mol. The monoisotopic (exact) mass is 305 g/mol. The number of aromatic nitrogens is 6. The SMILES string of the molecule is C=CC(=O)Nc1ccc(-c2nnc(-c3ccccn3)nn2)nc1. The van der Waals surface area contributed by atoms with Gasteiger partial charge in [-0.15, -0.1) is 20.4 Å². The molecule has 0 bridgehead atoms. The van der Waals surface area contributed by atoms with E-state index in [0.717, 1.165) is 0 Å². The van der Waals surface area contributed by atoms with Crippen LogP contribution in [0.25, 0.3) is 23.0 Å². The highest BCUT2D eigenvalue weighted by molar-refractivity contribution is 5.98. The van der Waals surface area contributed by atoms with Crippen LogP contribution in [0.3, 0.4) is 0 Å². The molecule has 1 amide bonds. The van der Waals surface area contributed by atoms with Crippen molar-refractivity contribution in [3.63, 3.8) is 0 Å². The van der Waals surface area contributed by atoms with Crippen LogP contribution in [0.1, 0.15) is 0 Å². The summed E-state index contributed by atoms with van der Waals surface area (Å²) in [4.78, 5) is 19.5. The molecule has 0 aliphatic rings. The number of anilines is 1. The molecule has 0 radical (unpaired) electrons. The van der Waals surface area contributed by atoms with Gasteiger partial charge < -0.3 is 5.32 Å². The van der Waals surface area contributed by atoms with Crippen LogP contribution in [-0.2, 0) is 4.79 Å². The summed E-state index contributed by atoms with van der Waals surface area (Å²) in [5.41, 5.74) is 1.63. The molecule has 0 spiro atoms. The number of nitrogens with one attached hydrogen (secondary N) is 1. The van der Waals surface area contributed by atoms with Crippen molar-refractivity contribution in [2.45, 2.75) is 0 Å². The molecular formula is C15H11N7O. The summed E-state index contributed by atoms with van der Waals surface area (Å²) in [6.45, 7) is 3.38. The lowest BCUT2D eigenvalue weighted by atomic mass is 10.3. The highest BCUT2D eigenvalue weighted by atomic mass is 16.1. The second-order valence-electron chi connectivity index (χ2n) is 4.39. The molecule has 3 heterocycles. The van der Waals surface area contributed by atoms with E-state index in [1.54, 1.807) is 30.5 Å². The smallest absolute Gasteiger partial charge is 0.247 e. The van der Waals surface area contributed by atoms with Crippen LogP contribution in [-0.4, -0.2) is 36.3 Å². The normalized spacial score (nSPS) is 10.1. The third-order valence-corrected chi connectivity index (χ3v) is 2.82. The number of hydrogen-bond donors (Lipinski definition) is 1. The molecule has 3 aromatic heterocycles. The number of rotatable bonds is 4. The molecule has 0 aromatic carbocycles. The standard InChI is InChI=1S/C15H11N7O/c1-2-13(23)18-10-6-7-12(17-9-10)15-21-19-14(20-22-15)11-5-3-4-8-16-11/h2-9H,1H2,(H,18,23). The number of nitrogens with zero attached hydrogens (tertiary/aromatic N) is 6. The second-order valence-corrected chi connectivity index (χ2v) is 4.39. The quantitative estimate of drug-likeness (QED) is 0.728. The third-order valence-electron chi connectivity index (χ3n) is 2.82. The zero-order chi connectivity index (χ0) is 16.1. The number of carbonyl (C=O) groups excluding carboxylic acids is 1. The molecule has 0 saturated heterocycles. The van der Waals surface area contributed by atoms with E-state index in [0.29, 0.717) is 22.9 Å². The molecule has 112 valence electrons. The van der Waals surface area contributed by atoms with E-state index < -0.39 is 0 Å². The topological polar surface area (TPSA) is 106 Å². The second kappa shape index (κ2) is 6.48. The largest absolute Gasteiger partial charge is 0.321 e. The Kier molecular flexibility index (Phi) is 4.05. The van der Waals surface area contributed by atoms with E-state index in [1.165, 1.54) is 12.3 Å². The Morgan fingerprint density at radius 1 is 0.957 bits per heavy atom. The summed E-state index contributed by atoms with van der Waals surface area (Å²) in [5, 5.41) is 18.6. The number of carbonyl (C=O) groups is 1. The minimum atomic E-state index is -0.307. The fourth-order valence-corrected chi connectivity index (χ4v) is 1.72. The summed E-state index contributed by atoms with van der Waals surface area (Å²) in [6, 6.07) is 8.75. The molecule has 3 rings (SSSR count). The van der Waals surface area contributed by atoms with Crippen molar-refractivity contribution >= 4 is 11.6 Å².